The molecule has 14 heavy (non-hydrogen) atoms. The van der Waals surface area contributed by atoms with Crippen molar-refractivity contribution in [2.75, 3.05) is 13.1 Å². The van der Waals surface area contributed by atoms with Crippen LogP contribution in [0.2, 0.25) is 0 Å². The topological polar surface area (TPSA) is 12.0 Å². The lowest BCUT2D eigenvalue weighted by molar-refractivity contribution is 0.168. The van der Waals surface area contributed by atoms with Gasteiger partial charge in [-0.15, -0.1) is 0 Å². The number of rotatable bonds is 2. The molecule has 2 fully saturated rings. The zero-order valence-corrected chi connectivity index (χ0v) is 9.60. The molecule has 0 aromatic heterocycles. The third kappa shape index (κ3) is 2.50. The Kier molecular flexibility index (Phi) is 3.86. The van der Waals surface area contributed by atoms with Crippen LogP contribution in [0.25, 0.3) is 0 Å². The third-order valence-corrected chi connectivity index (χ3v) is 4.47. The summed E-state index contributed by atoms with van der Waals surface area (Å²) in [6, 6.07) is 0. The van der Waals surface area contributed by atoms with Gasteiger partial charge in [0, 0.05) is 0 Å². The maximum Gasteiger partial charge on any atom is -0.00179 e. The number of piperidine rings is 1. The Hall–Kier alpha value is -0.0400. The SMILES string of the molecule is CC(C1CCCCC1)C1CCCNC1. The Morgan fingerprint density at radius 3 is 2.29 bits per heavy atom. The van der Waals surface area contributed by atoms with Gasteiger partial charge in [0.2, 0.25) is 0 Å². The fraction of sp³-hybridized carbons (Fsp3) is 1.00. The van der Waals surface area contributed by atoms with Crippen molar-refractivity contribution in [1.29, 1.82) is 0 Å². The molecule has 1 heterocycles. The molecule has 2 unspecified atom stereocenters. The van der Waals surface area contributed by atoms with Gasteiger partial charge in [-0.1, -0.05) is 39.0 Å². The molecule has 0 bridgehead atoms. The highest BCUT2D eigenvalue weighted by molar-refractivity contribution is 4.80. The first kappa shape index (κ1) is 10.5. The smallest absolute Gasteiger partial charge is 0.00179 e. The normalized spacial score (nSPS) is 32.8. The van der Waals surface area contributed by atoms with Crippen LogP contribution in [0.4, 0.5) is 0 Å². The molecule has 0 aromatic rings. The maximum absolute atomic E-state index is 3.55. The fourth-order valence-corrected chi connectivity index (χ4v) is 3.37. The average molecular weight is 195 g/mol. The number of hydrogen-bond acceptors (Lipinski definition) is 1. The van der Waals surface area contributed by atoms with E-state index in [0.29, 0.717) is 0 Å². The zero-order valence-electron chi connectivity index (χ0n) is 9.60. The van der Waals surface area contributed by atoms with Crippen molar-refractivity contribution in [2.45, 2.75) is 51.9 Å². The third-order valence-electron chi connectivity index (χ3n) is 4.47. The molecule has 1 aliphatic carbocycles. The second-order valence-corrected chi connectivity index (χ2v) is 5.36. The van der Waals surface area contributed by atoms with E-state index in [1.807, 2.05) is 0 Å². The van der Waals surface area contributed by atoms with E-state index in [-0.39, 0.29) is 0 Å². The quantitative estimate of drug-likeness (QED) is 0.713. The van der Waals surface area contributed by atoms with Crippen LogP contribution < -0.4 is 5.32 Å². The Labute approximate surface area is 88.7 Å². The molecular formula is C13H25N. The van der Waals surface area contributed by atoms with Gasteiger partial charge in [-0.25, -0.2) is 0 Å². The molecular weight excluding hydrogens is 170 g/mol. The van der Waals surface area contributed by atoms with Crippen LogP contribution in [-0.4, -0.2) is 13.1 Å². The van der Waals surface area contributed by atoms with E-state index in [4.69, 9.17) is 0 Å². The van der Waals surface area contributed by atoms with Gasteiger partial charge < -0.3 is 5.32 Å². The van der Waals surface area contributed by atoms with Crippen LogP contribution in [0, 0.1) is 17.8 Å². The second-order valence-electron chi connectivity index (χ2n) is 5.36. The molecule has 82 valence electrons. The van der Waals surface area contributed by atoms with Gasteiger partial charge in [-0.05, 0) is 43.7 Å². The zero-order chi connectivity index (χ0) is 9.80. The molecule has 2 aliphatic rings. The van der Waals surface area contributed by atoms with E-state index >= 15 is 0 Å². The summed E-state index contributed by atoms with van der Waals surface area (Å²) in [5, 5.41) is 3.55. The van der Waals surface area contributed by atoms with Crippen LogP contribution in [0.15, 0.2) is 0 Å². The van der Waals surface area contributed by atoms with E-state index < -0.39 is 0 Å². The summed E-state index contributed by atoms with van der Waals surface area (Å²) in [6.07, 6.45) is 10.4. The lowest BCUT2D eigenvalue weighted by Crippen LogP contribution is -2.36. The molecule has 1 nitrogen and oxygen atoms in total. The largest absolute Gasteiger partial charge is 0.316 e. The molecule has 2 atom stereocenters. The van der Waals surface area contributed by atoms with Crippen molar-refractivity contribution in [2.24, 2.45) is 17.8 Å². The molecule has 0 spiro atoms. The highest BCUT2D eigenvalue weighted by Crippen LogP contribution is 2.35. The Bertz CT molecular complexity index is 137. The predicted octanol–water partition coefficient (Wildman–Crippen LogP) is 3.20. The van der Waals surface area contributed by atoms with Crippen molar-refractivity contribution in [3.05, 3.63) is 0 Å². The van der Waals surface area contributed by atoms with Crippen molar-refractivity contribution < 1.29 is 0 Å². The Balaban J connectivity index is 1.82. The van der Waals surface area contributed by atoms with Gasteiger partial charge >= 0.3 is 0 Å². The standard InChI is InChI=1S/C13H25N/c1-11(12-6-3-2-4-7-12)13-8-5-9-14-10-13/h11-14H,2-10H2,1H3. The summed E-state index contributed by atoms with van der Waals surface area (Å²) < 4.78 is 0. The first-order valence-electron chi connectivity index (χ1n) is 6.58. The van der Waals surface area contributed by atoms with Gasteiger partial charge in [0.15, 0.2) is 0 Å². The minimum atomic E-state index is 0.975. The minimum absolute atomic E-state index is 0.975. The van der Waals surface area contributed by atoms with E-state index in [9.17, 15) is 0 Å². The summed E-state index contributed by atoms with van der Waals surface area (Å²) in [6.45, 7) is 5.05. The van der Waals surface area contributed by atoms with Crippen LogP contribution in [-0.2, 0) is 0 Å². The maximum atomic E-state index is 3.55. The van der Waals surface area contributed by atoms with Crippen molar-refractivity contribution in [3.63, 3.8) is 0 Å². The molecule has 1 saturated carbocycles. The van der Waals surface area contributed by atoms with Gasteiger partial charge in [0.25, 0.3) is 0 Å². The summed E-state index contributed by atoms with van der Waals surface area (Å²) in [4.78, 5) is 0. The summed E-state index contributed by atoms with van der Waals surface area (Å²) in [5.41, 5.74) is 0. The van der Waals surface area contributed by atoms with E-state index in [1.165, 1.54) is 58.0 Å². The Morgan fingerprint density at radius 1 is 0.929 bits per heavy atom. The predicted molar refractivity (Wildman–Crippen MR) is 61.3 cm³/mol. The molecule has 0 radical (unpaired) electrons. The van der Waals surface area contributed by atoms with E-state index in [1.54, 1.807) is 0 Å². The first-order valence-corrected chi connectivity index (χ1v) is 6.58. The fourth-order valence-electron chi connectivity index (χ4n) is 3.37. The summed E-state index contributed by atoms with van der Waals surface area (Å²) >= 11 is 0. The van der Waals surface area contributed by atoms with Gasteiger partial charge in [0.05, 0.1) is 0 Å². The van der Waals surface area contributed by atoms with Crippen LogP contribution in [0.3, 0.4) is 0 Å². The molecule has 1 heteroatoms. The number of nitrogens with one attached hydrogen (secondary N) is 1. The van der Waals surface area contributed by atoms with Crippen molar-refractivity contribution >= 4 is 0 Å². The van der Waals surface area contributed by atoms with Gasteiger partial charge in [0.1, 0.15) is 0 Å². The molecule has 2 rings (SSSR count). The molecule has 0 amide bonds. The molecule has 0 aromatic carbocycles. The highest BCUT2D eigenvalue weighted by atomic mass is 14.9. The van der Waals surface area contributed by atoms with Crippen LogP contribution in [0.5, 0.6) is 0 Å². The number of hydrogen-bond donors (Lipinski definition) is 1. The lowest BCUT2D eigenvalue weighted by atomic mass is 9.73. The minimum Gasteiger partial charge on any atom is -0.316 e. The molecule has 1 saturated heterocycles. The van der Waals surface area contributed by atoms with Gasteiger partial charge in [-0.2, -0.15) is 0 Å². The van der Waals surface area contributed by atoms with E-state index in [0.717, 1.165) is 17.8 Å². The van der Waals surface area contributed by atoms with Gasteiger partial charge in [-0.3, -0.25) is 0 Å². The first-order chi connectivity index (χ1) is 6.88. The van der Waals surface area contributed by atoms with Crippen LogP contribution in [0.1, 0.15) is 51.9 Å². The van der Waals surface area contributed by atoms with Crippen molar-refractivity contribution in [1.82, 2.24) is 5.32 Å². The second kappa shape index (κ2) is 5.16. The Morgan fingerprint density at radius 2 is 1.64 bits per heavy atom. The average Bonchev–Trinajstić information content (AvgIpc) is 2.30. The highest BCUT2D eigenvalue weighted by Gasteiger charge is 2.27. The molecule has 1 aliphatic heterocycles. The van der Waals surface area contributed by atoms with Crippen LogP contribution >= 0.6 is 0 Å². The van der Waals surface area contributed by atoms with Crippen molar-refractivity contribution in [3.8, 4) is 0 Å². The molecule has 1 N–H and O–H groups in total. The summed E-state index contributed by atoms with van der Waals surface area (Å²) in [5.74, 6) is 3.00. The lowest BCUT2D eigenvalue weighted by Gasteiger charge is -2.35. The van der Waals surface area contributed by atoms with E-state index in [2.05, 4.69) is 12.2 Å². The summed E-state index contributed by atoms with van der Waals surface area (Å²) in [7, 11) is 0. The monoisotopic (exact) mass is 195 g/mol.